The number of aliphatic carboxylic acids is 2. The number of rotatable bonds is 21. The van der Waals surface area contributed by atoms with Crippen LogP contribution in [0.1, 0.15) is 58.7 Å². The fourth-order valence-corrected chi connectivity index (χ4v) is 7.59. The summed E-state index contributed by atoms with van der Waals surface area (Å²) in [7, 11) is 0. The number of carbonyl (C=O) groups is 2. The molecule has 3 atom stereocenters. The fraction of sp³-hybridized carbons (Fsp3) is 0.311. The summed E-state index contributed by atoms with van der Waals surface area (Å²) in [5, 5.41) is 53.0. The third-order valence-electron chi connectivity index (χ3n) is 9.98. The van der Waals surface area contributed by atoms with E-state index in [2.05, 4.69) is 74.9 Å². The zero-order chi connectivity index (χ0) is 42.6. The van der Waals surface area contributed by atoms with E-state index in [1.807, 2.05) is 36.4 Å². The fourth-order valence-electron chi connectivity index (χ4n) is 7.13. The number of aliphatic hydroxyl groups is 2. The highest BCUT2D eigenvalue weighted by Crippen LogP contribution is 2.43. The number of nitrogens with zero attached hydrogens (tertiary/aromatic N) is 3. The Morgan fingerprint density at radius 2 is 1.60 bits per heavy atom. The minimum Gasteiger partial charge on any atom is -0.492 e. The van der Waals surface area contributed by atoms with Gasteiger partial charge in [0.25, 0.3) is 0 Å². The first-order valence-electron chi connectivity index (χ1n) is 19.5. The van der Waals surface area contributed by atoms with E-state index in [0.717, 1.165) is 46.2 Å². The lowest BCUT2D eigenvalue weighted by Crippen LogP contribution is -2.31. The highest BCUT2D eigenvalue weighted by Gasteiger charge is 2.29. The van der Waals surface area contributed by atoms with Crippen LogP contribution in [0, 0.1) is 18.3 Å². The molecule has 312 valence electrons. The van der Waals surface area contributed by atoms with Crippen LogP contribution in [0.25, 0.3) is 22.3 Å². The lowest BCUT2D eigenvalue weighted by atomic mass is 9.89. The Balaban J connectivity index is 1.16. The molecule has 0 radical (unpaired) electrons. The number of carboxylic acid groups (broad SMARTS) is 2. The molecule has 0 spiro atoms. The number of benzene rings is 3. The first kappa shape index (κ1) is 43.7. The van der Waals surface area contributed by atoms with Crippen molar-refractivity contribution in [2.75, 3.05) is 26.2 Å². The molecule has 0 saturated carbocycles. The number of hydrogen-bond donors (Lipinski definition) is 6. The smallest absolute Gasteiger partial charge is 0.306 e. The van der Waals surface area contributed by atoms with E-state index in [9.17, 15) is 25.1 Å². The molecule has 15 heteroatoms. The first-order valence-corrected chi connectivity index (χ1v) is 20.3. The molecule has 0 fully saturated rings. The predicted octanol–water partition coefficient (Wildman–Crippen LogP) is 6.13. The number of aliphatic hydroxyl groups excluding tert-OH is 2. The van der Waals surface area contributed by atoms with Gasteiger partial charge in [-0.3, -0.25) is 14.6 Å². The van der Waals surface area contributed by atoms with Crippen molar-refractivity contribution >= 4 is 27.9 Å². The Morgan fingerprint density at radius 1 is 0.900 bits per heavy atom. The van der Waals surface area contributed by atoms with Crippen molar-refractivity contribution in [1.82, 2.24) is 20.6 Å². The van der Waals surface area contributed by atoms with Crippen molar-refractivity contribution in [3.63, 3.8) is 0 Å². The van der Waals surface area contributed by atoms with E-state index in [0.29, 0.717) is 45.9 Å². The van der Waals surface area contributed by atoms with Crippen molar-refractivity contribution in [3.05, 3.63) is 123 Å². The average molecular weight is 881 g/mol. The van der Waals surface area contributed by atoms with Gasteiger partial charge in [0.1, 0.15) is 31.1 Å². The molecule has 0 saturated heterocycles. The lowest BCUT2D eigenvalue weighted by molar-refractivity contribution is -0.140. The zero-order valence-corrected chi connectivity index (χ0v) is 34.5. The molecular formula is C45H46BrN5O9. The minimum atomic E-state index is -1.09. The van der Waals surface area contributed by atoms with E-state index in [4.69, 9.17) is 29.4 Å². The number of nitriles is 1. The number of ether oxygens (including phenoxy) is 3. The summed E-state index contributed by atoms with van der Waals surface area (Å²) >= 11 is 3.64. The molecule has 2 aromatic heterocycles. The van der Waals surface area contributed by atoms with Gasteiger partial charge in [-0.25, -0.2) is 0 Å². The van der Waals surface area contributed by atoms with Gasteiger partial charge < -0.3 is 45.3 Å². The largest absolute Gasteiger partial charge is 0.492 e. The van der Waals surface area contributed by atoms with Crippen LogP contribution < -0.4 is 24.8 Å². The summed E-state index contributed by atoms with van der Waals surface area (Å²) in [6.07, 6.45) is 1.60. The zero-order valence-electron chi connectivity index (χ0n) is 32.9. The van der Waals surface area contributed by atoms with Gasteiger partial charge >= 0.3 is 11.9 Å². The predicted molar refractivity (Wildman–Crippen MR) is 226 cm³/mol. The van der Waals surface area contributed by atoms with Crippen LogP contribution in [0.5, 0.6) is 17.5 Å². The molecular weight excluding hydrogens is 834 g/mol. The molecule has 6 N–H and O–H groups in total. The Kier molecular flexibility index (Phi) is 15.2. The molecule has 14 nitrogen and oxygen atoms in total. The molecule has 0 bridgehead atoms. The maximum atomic E-state index is 11.0. The molecule has 0 unspecified atom stereocenters. The maximum Gasteiger partial charge on any atom is 0.306 e. The van der Waals surface area contributed by atoms with Crippen LogP contribution >= 0.6 is 15.9 Å². The molecule has 2 heterocycles. The number of nitrogens with one attached hydrogen (secondary N) is 2. The third-order valence-corrected chi connectivity index (χ3v) is 10.6. The minimum absolute atomic E-state index is 0.0487. The second kappa shape index (κ2) is 20.9. The Bertz CT molecular complexity index is 2340. The van der Waals surface area contributed by atoms with Gasteiger partial charge in [0.05, 0.1) is 35.1 Å². The van der Waals surface area contributed by atoms with Gasteiger partial charge in [0.15, 0.2) is 0 Å². The van der Waals surface area contributed by atoms with Crippen molar-refractivity contribution < 1.29 is 44.2 Å². The Hall–Kier alpha value is -5.89. The molecule has 6 rings (SSSR count). The van der Waals surface area contributed by atoms with Crippen molar-refractivity contribution in [2.45, 2.75) is 64.1 Å². The standard InChI is InChI=1S/C45H46BrN5O9/c1-27-35(30-8-10-34(11-9-30)58-15-14-48-24-32(52)18-42(54)55)4-2-5-36(27)37-6-3-7-39-38(37)12-13-41(39)60-45-40(46)17-31(23-50-25-33(53)19-43(56)57)44(51-45)59-26-29-16-28(20-47)21-49-22-29/h2-11,16-17,21-22,32-33,41,48,50,52-53H,12-15,18-19,23-26H2,1H3,(H,54,55)(H,56,57)/t32-,33-,41-/m0/s1. The molecule has 1 aliphatic rings. The first-order chi connectivity index (χ1) is 29.0. The van der Waals surface area contributed by atoms with Crippen LogP contribution in [0.2, 0.25) is 0 Å². The Morgan fingerprint density at radius 3 is 2.33 bits per heavy atom. The van der Waals surface area contributed by atoms with Gasteiger partial charge in [-0.05, 0) is 98.9 Å². The quantitative estimate of drug-likeness (QED) is 0.0458. The number of aromatic nitrogens is 2. The van der Waals surface area contributed by atoms with Gasteiger partial charge in [0, 0.05) is 49.7 Å². The second-order valence-corrected chi connectivity index (χ2v) is 15.3. The average Bonchev–Trinajstić information content (AvgIpc) is 3.64. The van der Waals surface area contributed by atoms with E-state index in [1.54, 1.807) is 12.3 Å². The van der Waals surface area contributed by atoms with E-state index < -0.39 is 24.1 Å². The van der Waals surface area contributed by atoms with Crippen LogP contribution in [-0.4, -0.2) is 80.8 Å². The molecule has 5 aromatic rings. The van der Waals surface area contributed by atoms with E-state index in [1.165, 1.54) is 11.8 Å². The van der Waals surface area contributed by atoms with Crippen LogP contribution in [0.3, 0.4) is 0 Å². The molecule has 0 aliphatic heterocycles. The number of hydrogen-bond acceptors (Lipinski definition) is 12. The molecule has 3 aromatic carbocycles. The van der Waals surface area contributed by atoms with Gasteiger partial charge in [-0.2, -0.15) is 10.2 Å². The summed E-state index contributed by atoms with van der Waals surface area (Å²) in [5.74, 6) is -0.820. The van der Waals surface area contributed by atoms with Crippen molar-refractivity contribution in [2.24, 2.45) is 0 Å². The highest BCUT2D eigenvalue weighted by atomic mass is 79.9. The summed E-state index contributed by atoms with van der Waals surface area (Å²) in [4.78, 5) is 30.7. The molecule has 60 heavy (non-hydrogen) atoms. The monoisotopic (exact) mass is 879 g/mol. The summed E-state index contributed by atoms with van der Waals surface area (Å²) in [6.45, 7) is 3.48. The number of fused-ring (bicyclic) bond motifs is 1. The number of halogens is 1. The SMILES string of the molecule is Cc1c(-c2ccc(OCCNC[C@@H](O)CC(=O)O)cc2)cccc1-c1cccc2c1CC[C@@H]2Oc1nc(OCc2cncc(C#N)c2)c(CNC[C@@H](O)CC(=O)O)cc1Br. The van der Waals surface area contributed by atoms with Crippen LogP contribution in [0.4, 0.5) is 0 Å². The van der Waals surface area contributed by atoms with Gasteiger partial charge in [-0.15, -0.1) is 0 Å². The second-order valence-electron chi connectivity index (χ2n) is 14.4. The normalized spacial score (nSPS) is 14.2. The van der Waals surface area contributed by atoms with E-state index in [-0.39, 0.29) is 51.1 Å². The van der Waals surface area contributed by atoms with E-state index >= 15 is 0 Å². The van der Waals surface area contributed by atoms with Crippen molar-refractivity contribution in [3.8, 4) is 45.8 Å². The summed E-state index contributed by atoms with van der Waals surface area (Å²) < 4.78 is 19.2. The van der Waals surface area contributed by atoms with Gasteiger partial charge in [0.2, 0.25) is 11.8 Å². The number of carboxylic acids is 2. The lowest BCUT2D eigenvalue weighted by Gasteiger charge is -2.19. The topological polar surface area (TPSA) is 216 Å². The van der Waals surface area contributed by atoms with Crippen molar-refractivity contribution in [1.29, 1.82) is 5.26 Å². The summed E-state index contributed by atoms with van der Waals surface area (Å²) in [5.41, 5.74) is 9.52. The van der Waals surface area contributed by atoms with Crippen LogP contribution in [-0.2, 0) is 29.2 Å². The third kappa shape index (κ3) is 11.6. The Labute approximate surface area is 355 Å². The van der Waals surface area contributed by atoms with Gasteiger partial charge in [-0.1, -0.05) is 48.5 Å². The number of pyridine rings is 2. The molecule has 1 aliphatic carbocycles. The van der Waals surface area contributed by atoms with Crippen LogP contribution in [0.15, 0.2) is 89.7 Å². The highest BCUT2D eigenvalue weighted by molar-refractivity contribution is 9.10. The summed E-state index contributed by atoms with van der Waals surface area (Å²) in [6, 6.07) is 26.1. The maximum absolute atomic E-state index is 11.0. The molecule has 0 amide bonds.